The van der Waals surface area contributed by atoms with Crippen LogP contribution in [-0.4, -0.2) is 0 Å². The highest BCUT2D eigenvalue weighted by Crippen LogP contribution is 2.46. The zero-order valence-electron chi connectivity index (χ0n) is 13.5. The van der Waals surface area contributed by atoms with Crippen LogP contribution in [0.5, 0.6) is 0 Å². The second-order valence-electron chi connectivity index (χ2n) is 5.81. The number of hydrogen-bond donors (Lipinski definition) is 0. The van der Waals surface area contributed by atoms with Gasteiger partial charge in [-0.25, -0.2) is 0 Å². The maximum atomic E-state index is 6.48. The van der Waals surface area contributed by atoms with Gasteiger partial charge in [-0.1, -0.05) is 102 Å². The number of hydrogen-bond acceptors (Lipinski definition) is 1. The number of benzene rings is 3. The molecule has 0 nitrogen and oxygen atoms in total. The van der Waals surface area contributed by atoms with Crippen molar-refractivity contribution in [3.8, 4) is 32.0 Å². The molecule has 0 radical (unpaired) electrons. The van der Waals surface area contributed by atoms with E-state index in [2.05, 4.69) is 42.5 Å². The van der Waals surface area contributed by atoms with Crippen LogP contribution in [0.15, 0.2) is 78.9 Å². The first-order chi connectivity index (χ1) is 12.6. The molecule has 0 atom stereocenters. The molecule has 4 aromatic rings. The lowest BCUT2D eigenvalue weighted by atomic mass is 10.0. The number of thiophene rings is 1. The van der Waals surface area contributed by atoms with Gasteiger partial charge in [0.2, 0.25) is 0 Å². The maximum Gasteiger partial charge on any atom is 0.0785 e. The van der Waals surface area contributed by atoms with Crippen LogP contribution in [0.4, 0.5) is 0 Å². The quantitative estimate of drug-likeness (QED) is 0.293. The molecule has 0 aliphatic heterocycles. The molecule has 1 aromatic heterocycles. The molecular formula is C22H13Cl3S. The van der Waals surface area contributed by atoms with Crippen molar-refractivity contribution in [1.29, 1.82) is 0 Å². The van der Waals surface area contributed by atoms with Gasteiger partial charge in [0.25, 0.3) is 0 Å². The van der Waals surface area contributed by atoms with Crippen LogP contribution >= 0.6 is 46.1 Å². The van der Waals surface area contributed by atoms with E-state index in [-0.39, 0.29) is 0 Å². The van der Waals surface area contributed by atoms with Crippen LogP contribution in [0.1, 0.15) is 0 Å². The summed E-state index contributed by atoms with van der Waals surface area (Å²) in [5.74, 6) is 0. The zero-order valence-corrected chi connectivity index (χ0v) is 16.6. The number of halogens is 3. The molecular weight excluding hydrogens is 403 g/mol. The van der Waals surface area contributed by atoms with Crippen molar-refractivity contribution >= 4 is 46.1 Å². The Bertz CT molecular complexity index is 997. The third-order valence-electron chi connectivity index (χ3n) is 4.15. The van der Waals surface area contributed by atoms with Gasteiger partial charge in [0, 0.05) is 20.9 Å². The molecule has 128 valence electrons. The molecule has 0 aliphatic carbocycles. The lowest BCUT2D eigenvalue weighted by Gasteiger charge is -2.05. The van der Waals surface area contributed by atoms with Crippen LogP contribution < -0.4 is 0 Å². The van der Waals surface area contributed by atoms with Gasteiger partial charge >= 0.3 is 0 Å². The Morgan fingerprint density at radius 3 is 1.85 bits per heavy atom. The standard InChI is InChI=1S/C22H13Cl3S/c23-18-12-11-16(20(24)21(18)25)19-13-17(14-7-3-1-4-8-14)22(26-19)15-9-5-2-6-10-15/h1-13H. The average Bonchev–Trinajstić information content (AvgIpc) is 3.13. The molecule has 0 saturated heterocycles. The molecule has 0 fully saturated rings. The first kappa shape index (κ1) is 17.6. The second-order valence-corrected chi connectivity index (χ2v) is 8.02. The van der Waals surface area contributed by atoms with Crippen LogP contribution in [-0.2, 0) is 0 Å². The summed E-state index contributed by atoms with van der Waals surface area (Å²) < 4.78 is 0. The van der Waals surface area contributed by atoms with E-state index in [1.54, 1.807) is 17.4 Å². The summed E-state index contributed by atoms with van der Waals surface area (Å²) in [6.07, 6.45) is 0. The molecule has 0 N–H and O–H groups in total. The molecule has 4 rings (SSSR count). The van der Waals surface area contributed by atoms with Gasteiger partial charge in [-0.15, -0.1) is 11.3 Å². The van der Waals surface area contributed by atoms with Crippen LogP contribution in [0, 0.1) is 0 Å². The van der Waals surface area contributed by atoms with E-state index in [0.29, 0.717) is 15.1 Å². The Kier molecular flexibility index (Phi) is 5.06. The highest BCUT2D eigenvalue weighted by molar-refractivity contribution is 7.19. The van der Waals surface area contributed by atoms with Crippen molar-refractivity contribution in [3.63, 3.8) is 0 Å². The van der Waals surface area contributed by atoms with Crippen molar-refractivity contribution in [2.75, 3.05) is 0 Å². The summed E-state index contributed by atoms with van der Waals surface area (Å²) in [6, 6.07) is 26.6. The highest BCUT2D eigenvalue weighted by Gasteiger charge is 2.17. The Balaban J connectivity index is 1.94. The van der Waals surface area contributed by atoms with Gasteiger partial charge in [-0.05, 0) is 23.3 Å². The Labute approximate surface area is 171 Å². The normalized spacial score (nSPS) is 10.9. The Morgan fingerprint density at radius 1 is 0.577 bits per heavy atom. The van der Waals surface area contributed by atoms with Gasteiger partial charge in [0.05, 0.1) is 15.1 Å². The summed E-state index contributed by atoms with van der Waals surface area (Å²) in [7, 11) is 0. The van der Waals surface area contributed by atoms with Crippen molar-refractivity contribution in [2.45, 2.75) is 0 Å². The van der Waals surface area contributed by atoms with Gasteiger partial charge < -0.3 is 0 Å². The second kappa shape index (κ2) is 7.46. The molecule has 0 amide bonds. The lowest BCUT2D eigenvalue weighted by Crippen LogP contribution is -1.79. The van der Waals surface area contributed by atoms with E-state index in [4.69, 9.17) is 34.8 Å². The van der Waals surface area contributed by atoms with Crippen molar-refractivity contribution in [2.24, 2.45) is 0 Å². The topological polar surface area (TPSA) is 0 Å². The molecule has 1 heterocycles. The highest BCUT2D eigenvalue weighted by atomic mass is 35.5. The fraction of sp³-hybridized carbons (Fsp3) is 0. The van der Waals surface area contributed by atoms with E-state index in [1.807, 2.05) is 30.3 Å². The molecule has 0 spiro atoms. The van der Waals surface area contributed by atoms with Crippen molar-refractivity contribution in [3.05, 3.63) is 93.9 Å². The first-order valence-corrected chi connectivity index (χ1v) is 9.98. The Morgan fingerprint density at radius 2 is 1.19 bits per heavy atom. The summed E-state index contributed by atoms with van der Waals surface area (Å²) in [4.78, 5) is 2.26. The van der Waals surface area contributed by atoms with E-state index < -0.39 is 0 Å². The van der Waals surface area contributed by atoms with Gasteiger partial charge in [-0.3, -0.25) is 0 Å². The number of rotatable bonds is 3. The molecule has 0 aliphatic rings. The summed E-state index contributed by atoms with van der Waals surface area (Å²) in [5.41, 5.74) is 4.42. The van der Waals surface area contributed by atoms with Crippen molar-refractivity contribution < 1.29 is 0 Å². The third kappa shape index (κ3) is 3.28. The molecule has 0 saturated carbocycles. The predicted octanol–water partition coefficient (Wildman–Crippen LogP) is 8.71. The summed E-state index contributed by atoms with van der Waals surface area (Å²) >= 11 is 20.5. The fourth-order valence-electron chi connectivity index (χ4n) is 2.88. The molecule has 3 aromatic carbocycles. The minimum atomic E-state index is 0.391. The van der Waals surface area contributed by atoms with E-state index in [1.165, 1.54) is 21.6 Å². The summed E-state index contributed by atoms with van der Waals surface area (Å²) in [6.45, 7) is 0. The molecule has 26 heavy (non-hydrogen) atoms. The van der Waals surface area contributed by atoms with Crippen LogP contribution in [0.2, 0.25) is 15.1 Å². The van der Waals surface area contributed by atoms with Gasteiger partial charge in [0.1, 0.15) is 0 Å². The molecule has 4 heteroatoms. The minimum Gasteiger partial charge on any atom is -0.135 e. The maximum absolute atomic E-state index is 6.48. The van der Waals surface area contributed by atoms with E-state index in [0.717, 1.165) is 10.4 Å². The van der Waals surface area contributed by atoms with E-state index >= 15 is 0 Å². The first-order valence-electron chi connectivity index (χ1n) is 8.03. The average molecular weight is 416 g/mol. The zero-order chi connectivity index (χ0) is 18.1. The van der Waals surface area contributed by atoms with Gasteiger partial charge in [0.15, 0.2) is 0 Å². The monoisotopic (exact) mass is 414 g/mol. The third-order valence-corrected chi connectivity index (χ3v) is 6.66. The van der Waals surface area contributed by atoms with Gasteiger partial charge in [-0.2, -0.15) is 0 Å². The fourth-order valence-corrected chi connectivity index (χ4v) is 4.79. The SMILES string of the molecule is Clc1ccc(-c2cc(-c3ccccc3)c(-c3ccccc3)s2)c(Cl)c1Cl. The largest absolute Gasteiger partial charge is 0.135 e. The smallest absolute Gasteiger partial charge is 0.0785 e. The molecule has 0 bridgehead atoms. The van der Waals surface area contributed by atoms with Crippen LogP contribution in [0.3, 0.4) is 0 Å². The predicted molar refractivity (Wildman–Crippen MR) is 116 cm³/mol. The lowest BCUT2D eigenvalue weighted by molar-refractivity contribution is 1.64. The van der Waals surface area contributed by atoms with E-state index in [9.17, 15) is 0 Å². The van der Waals surface area contributed by atoms with Crippen molar-refractivity contribution in [1.82, 2.24) is 0 Å². The summed E-state index contributed by atoms with van der Waals surface area (Å²) in [5, 5.41) is 1.34. The molecule has 0 unspecified atom stereocenters. The minimum absolute atomic E-state index is 0.391. The Hall–Kier alpha value is -1.77. The van der Waals surface area contributed by atoms with Crippen LogP contribution in [0.25, 0.3) is 32.0 Å².